The molecule has 1 aliphatic rings. The summed E-state index contributed by atoms with van der Waals surface area (Å²) in [5.41, 5.74) is 0.660. The van der Waals surface area contributed by atoms with Gasteiger partial charge in [0.15, 0.2) is 0 Å². The van der Waals surface area contributed by atoms with Crippen LogP contribution in [0.25, 0.3) is 0 Å². The van der Waals surface area contributed by atoms with E-state index in [2.05, 4.69) is 10.0 Å². The van der Waals surface area contributed by atoms with Gasteiger partial charge < -0.3 is 20.1 Å². The van der Waals surface area contributed by atoms with E-state index in [0.717, 1.165) is 0 Å². The van der Waals surface area contributed by atoms with Crippen LogP contribution >= 0.6 is 0 Å². The van der Waals surface area contributed by atoms with Crippen molar-refractivity contribution in [2.75, 3.05) is 49.5 Å². The van der Waals surface area contributed by atoms with Crippen LogP contribution in [0.4, 0.5) is 11.4 Å². The van der Waals surface area contributed by atoms with Crippen LogP contribution in [-0.4, -0.2) is 76.2 Å². The van der Waals surface area contributed by atoms with Gasteiger partial charge in [-0.2, -0.15) is 0 Å². The molecule has 0 unspecified atom stereocenters. The molecule has 34 heavy (non-hydrogen) atoms. The second kappa shape index (κ2) is 10.7. The third-order valence-electron chi connectivity index (χ3n) is 5.38. The van der Waals surface area contributed by atoms with Crippen LogP contribution in [-0.2, 0) is 14.8 Å². The summed E-state index contributed by atoms with van der Waals surface area (Å²) >= 11 is 0. The van der Waals surface area contributed by atoms with Crippen molar-refractivity contribution in [2.24, 2.45) is 0 Å². The lowest BCUT2D eigenvalue weighted by atomic mass is 10.1. The Kier molecular flexibility index (Phi) is 8.00. The number of aromatic carboxylic acids is 1. The van der Waals surface area contributed by atoms with E-state index >= 15 is 0 Å². The van der Waals surface area contributed by atoms with Gasteiger partial charge in [0, 0.05) is 37.9 Å². The Balaban J connectivity index is 1.71. The molecule has 3 N–H and O–H groups in total. The largest absolute Gasteiger partial charge is 0.497 e. The molecule has 184 valence electrons. The number of benzene rings is 2. The number of anilines is 2. The zero-order valence-corrected chi connectivity index (χ0v) is 20.3. The standard InChI is InChI=1S/C23H30N4O6S/c1-16(2)24-22(28)15-26-10-12-27(13-11-26)21-9-4-17(14-20(21)23(29)30)25-34(31,32)19-7-5-18(33-3)6-8-19/h4-9,14,16,25H,10-13,15H2,1-3H3,(H,24,28)(H,29,30). The number of nitrogens with one attached hydrogen (secondary N) is 2. The number of rotatable bonds is 9. The van der Waals surface area contributed by atoms with E-state index in [1.807, 2.05) is 23.6 Å². The van der Waals surface area contributed by atoms with Crippen LogP contribution in [0.2, 0.25) is 0 Å². The lowest BCUT2D eigenvalue weighted by Crippen LogP contribution is -2.50. The molecule has 1 saturated heterocycles. The van der Waals surface area contributed by atoms with E-state index in [9.17, 15) is 23.1 Å². The zero-order chi connectivity index (χ0) is 24.9. The Morgan fingerprint density at radius 2 is 1.71 bits per heavy atom. The molecule has 0 aromatic heterocycles. The third kappa shape index (κ3) is 6.39. The van der Waals surface area contributed by atoms with E-state index in [1.54, 1.807) is 12.1 Å². The zero-order valence-electron chi connectivity index (χ0n) is 19.4. The number of methoxy groups -OCH3 is 1. The highest BCUT2D eigenvalue weighted by Crippen LogP contribution is 2.27. The van der Waals surface area contributed by atoms with Crippen LogP contribution in [0.15, 0.2) is 47.4 Å². The summed E-state index contributed by atoms with van der Waals surface area (Å²) in [6, 6.07) is 10.4. The minimum Gasteiger partial charge on any atom is -0.497 e. The minimum atomic E-state index is -3.90. The Morgan fingerprint density at radius 3 is 2.26 bits per heavy atom. The molecule has 1 heterocycles. The topological polar surface area (TPSA) is 128 Å². The number of hydrogen-bond donors (Lipinski definition) is 3. The van der Waals surface area contributed by atoms with Gasteiger partial charge in [-0.3, -0.25) is 14.4 Å². The van der Waals surface area contributed by atoms with Gasteiger partial charge in [-0.25, -0.2) is 13.2 Å². The maximum Gasteiger partial charge on any atom is 0.337 e. The number of carboxylic acid groups (broad SMARTS) is 1. The highest BCUT2D eigenvalue weighted by Gasteiger charge is 2.24. The fourth-order valence-corrected chi connectivity index (χ4v) is 4.78. The van der Waals surface area contributed by atoms with Crippen LogP contribution in [0.5, 0.6) is 5.75 Å². The number of carbonyl (C=O) groups is 2. The molecule has 0 spiro atoms. The van der Waals surface area contributed by atoms with Gasteiger partial charge in [-0.05, 0) is 56.3 Å². The Labute approximate surface area is 199 Å². The predicted octanol–water partition coefficient (Wildman–Crippen LogP) is 1.84. The van der Waals surface area contributed by atoms with E-state index < -0.39 is 16.0 Å². The molecule has 11 heteroatoms. The summed E-state index contributed by atoms with van der Waals surface area (Å²) < 4.78 is 32.9. The van der Waals surface area contributed by atoms with Gasteiger partial charge >= 0.3 is 5.97 Å². The van der Waals surface area contributed by atoms with Crippen molar-refractivity contribution in [2.45, 2.75) is 24.8 Å². The average molecular weight is 491 g/mol. The highest BCUT2D eigenvalue weighted by molar-refractivity contribution is 7.92. The SMILES string of the molecule is COc1ccc(S(=O)(=O)Nc2ccc(N3CCN(CC(=O)NC(C)C)CC3)c(C(=O)O)c2)cc1. The molecule has 0 radical (unpaired) electrons. The molecule has 0 aliphatic carbocycles. The first-order valence-corrected chi connectivity index (χ1v) is 12.4. The minimum absolute atomic E-state index is 0.000863. The molecule has 1 aliphatic heterocycles. The lowest BCUT2D eigenvalue weighted by molar-refractivity contribution is -0.122. The first kappa shape index (κ1) is 25.3. The number of sulfonamides is 1. The summed E-state index contributed by atoms with van der Waals surface area (Å²) in [7, 11) is -2.42. The molecule has 0 bridgehead atoms. The monoisotopic (exact) mass is 490 g/mol. The summed E-state index contributed by atoms with van der Waals surface area (Å²) in [6.07, 6.45) is 0. The Morgan fingerprint density at radius 1 is 1.06 bits per heavy atom. The molecule has 3 rings (SSSR count). The molecule has 1 fully saturated rings. The van der Waals surface area contributed by atoms with Crippen LogP contribution in [0, 0.1) is 0 Å². The van der Waals surface area contributed by atoms with Gasteiger partial charge in [-0.1, -0.05) is 0 Å². The van der Waals surface area contributed by atoms with E-state index in [-0.39, 0.29) is 28.1 Å². The first-order chi connectivity index (χ1) is 16.1. The highest BCUT2D eigenvalue weighted by atomic mass is 32.2. The molecule has 0 saturated carbocycles. The van der Waals surface area contributed by atoms with Crippen molar-refractivity contribution in [3.63, 3.8) is 0 Å². The van der Waals surface area contributed by atoms with Crippen molar-refractivity contribution < 1.29 is 27.9 Å². The molecular formula is C23H30N4O6S. The number of carboxylic acids is 1. The fraction of sp³-hybridized carbons (Fsp3) is 0.391. The molecule has 1 amide bonds. The predicted molar refractivity (Wildman–Crippen MR) is 129 cm³/mol. The molecule has 10 nitrogen and oxygen atoms in total. The second-order valence-electron chi connectivity index (χ2n) is 8.30. The van der Waals surface area contributed by atoms with Gasteiger partial charge in [-0.15, -0.1) is 0 Å². The van der Waals surface area contributed by atoms with Crippen molar-refractivity contribution in [1.29, 1.82) is 0 Å². The summed E-state index contributed by atoms with van der Waals surface area (Å²) in [5.74, 6) is -0.667. The van der Waals surface area contributed by atoms with Gasteiger partial charge in [0.05, 0.1) is 29.8 Å². The molecule has 2 aromatic rings. The normalized spacial score (nSPS) is 14.6. The summed E-state index contributed by atoms with van der Waals surface area (Å²) in [6.45, 7) is 6.42. The Hall–Kier alpha value is -3.31. The summed E-state index contributed by atoms with van der Waals surface area (Å²) in [4.78, 5) is 27.9. The molecule has 0 atom stereocenters. The fourth-order valence-electron chi connectivity index (χ4n) is 3.73. The van der Waals surface area contributed by atoms with Gasteiger partial charge in [0.2, 0.25) is 5.91 Å². The molecule has 2 aromatic carbocycles. The second-order valence-corrected chi connectivity index (χ2v) is 9.99. The first-order valence-electron chi connectivity index (χ1n) is 10.9. The number of nitrogens with zero attached hydrogens (tertiary/aromatic N) is 2. The van der Waals surface area contributed by atoms with E-state index in [0.29, 0.717) is 44.2 Å². The summed E-state index contributed by atoms with van der Waals surface area (Å²) in [5, 5.41) is 12.6. The Bertz CT molecular complexity index is 1130. The number of carbonyl (C=O) groups excluding carboxylic acids is 1. The van der Waals surface area contributed by atoms with Crippen molar-refractivity contribution in [3.8, 4) is 5.75 Å². The number of piperazine rings is 1. The third-order valence-corrected chi connectivity index (χ3v) is 6.78. The van der Waals surface area contributed by atoms with Crippen molar-refractivity contribution >= 4 is 33.3 Å². The van der Waals surface area contributed by atoms with E-state index in [1.165, 1.54) is 37.4 Å². The smallest absolute Gasteiger partial charge is 0.337 e. The van der Waals surface area contributed by atoms with Gasteiger partial charge in [0.25, 0.3) is 10.0 Å². The van der Waals surface area contributed by atoms with Crippen molar-refractivity contribution in [1.82, 2.24) is 10.2 Å². The van der Waals surface area contributed by atoms with Crippen LogP contribution in [0.3, 0.4) is 0 Å². The number of ether oxygens (including phenoxy) is 1. The van der Waals surface area contributed by atoms with Gasteiger partial charge in [0.1, 0.15) is 5.75 Å². The van der Waals surface area contributed by atoms with Crippen LogP contribution < -0.4 is 19.7 Å². The maximum atomic E-state index is 12.7. The average Bonchev–Trinajstić information content (AvgIpc) is 2.79. The quantitative estimate of drug-likeness (QED) is 0.486. The van der Waals surface area contributed by atoms with Crippen LogP contribution in [0.1, 0.15) is 24.2 Å². The lowest BCUT2D eigenvalue weighted by Gasteiger charge is -2.36. The maximum absolute atomic E-state index is 12.7. The van der Waals surface area contributed by atoms with Crippen molar-refractivity contribution in [3.05, 3.63) is 48.0 Å². The van der Waals surface area contributed by atoms with E-state index in [4.69, 9.17) is 4.74 Å². The number of amides is 1. The molecular weight excluding hydrogens is 460 g/mol. The number of hydrogen-bond acceptors (Lipinski definition) is 7.